The highest BCUT2D eigenvalue weighted by atomic mass is 35.5. The number of halogens is 2. The molecular formula is C26H30ClFN6O. The van der Waals surface area contributed by atoms with Crippen LogP contribution < -0.4 is 10.6 Å². The average Bonchev–Trinajstić information content (AvgIpc) is 3.48. The molecule has 3 N–H and O–H groups in total. The molecule has 1 saturated carbocycles. The molecule has 1 aliphatic heterocycles. The fraction of sp³-hybridized carbons (Fsp3) is 0.423. The quantitative estimate of drug-likeness (QED) is 0.412. The lowest BCUT2D eigenvalue weighted by Gasteiger charge is -2.36. The van der Waals surface area contributed by atoms with Crippen LogP contribution in [0.15, 0.2) is 49.3 Å². The summed E-state index contributed by atoms with van der Waals surface area (Å²) < 4.78 is 15.6. The van der Waals surface area contributed by atoms with Crippen LogP contribution in [-0.4, -0.2) is 63.1 Å². The number of fused-ring (bicyclic) bond motifs is 1. The Hall–Kier alpha value is -2.97. The van der Waals surface area contributed by atoms with Gasteiger partial charge in [-0.05, 0) is 44.2 Å². The van der Waals surface area contributed by atoms with Crippen molar-refractivity contribution in [3.63, 3.8) is 0 Å². The largest absolute Gasteiger partial charge is 0.360 e. The van der Waals surface area contributed by atoms with E-state index in [1.165, 1.54) is 6.08 Å². The van der Waals surface area contributed by atoms with Crippen LogP contribution in [0.1, 0.15) is 32.1 Å². The molecule has 3 heterocycles. The van der Waals surface area contributed by atoms with Crippen molar-refractivity contribution in [2.45, 2.75) is 49.9 Å². The van der Waals surface area contributed by atoms with E-state index >= 15 is 4.39 Å². The molecule has 0 spiro atoms. The van der Waals surface area contributed by atoms with E-state index in [1.807, 2.05) is 30.5 Å². The molecule has 0 unspecified atom stereocenters. The number of nitrogens with zero attached hydrogens (tertiary/aromatic N) is 3. The predicted octanol–water partition coefficient (Wildman–Crippen LogP) is 4.72. The molecule has 9 heteroatoms. The first-order valence-electron chi connectivity index (χ1n) is 12.1. The Balaban J connectivity index is 1.18. The highest BCUT2D eigenvalue weighted by Crippen LogP contribution is 2.36. The summed E-state index contributed by atoms with van der Waals surface area (Å²) in [7, 11) is 0. The highest BCUT2D eigenvalue weighted by molar-refractivity contribution is 6.33. The summed E-state index contributed by atoms with van der Waals surface area (Å²) in [6.07, 6.45) is 8.01. The standard InChI is InChI=1S/C26H30ClFN6O/c1-2-23(35)31-18-9-12-34(15-18)16-26(28)10-7-17(8-11-26)32-25-30-14-21(27)24(33-25)20-13-29-22-6-4-3-5-19(20)22/h2-6,13-14,17-18,29H,1,7-12,15-16H2,(H,31,35)(H,30,32,33)/t17?,18-,26?/m0/s1. The third kappa shape index (κ3) is 5.33. The number of amides is 1. The van der Waals surface area contributed by atoms with Gasteiger partial charge in [-0.2, -0.15) is 0 Å². The second-order valence-corrected chi connectivity index (χ2v) is 10.0. The van der Waals surface area contributed by atoms with Crippen LogP contribution in [0.5, 0.6) is 0 Å². The normalized spacial score (nSPS) is 25.0. The van der Waals surface area contributed by atoms with E-state index in [2.05, 4.69) is 32.1 Å². The van der Waals surface area contributed by atoms with Crippen molar-refractivity contribution in [2.24, 2.45) is 0 Å². The Labute approximate surface area is 209 Å². The number of carbonyl (C=O) groups is 1. The van der Waals surface area contributed by atoms with Crippen molar-refractivity contribution in [3.8, 4) is 11.3 Å². The first kappa shape index (κ1) is 23.8. The van der Waals surface area contributed by atoms with Gasteiger partial charge in [-0.25, -0.2) is 14.4 Å². The number of aromatic amines is 1. The Bertz CT molecular complexity index is 1220. The molecule has 184 valence electrons. The van der Waals surface area contributed by atoms with Crippen LogP contribution in [0.4, 0.5) is 10.3 Å². The molecule has 3 aromatic rings. The maximum Gasteiger partial charge on any atom is 0.243 e. The molecule has 5 rings (SSSR count). The van der Waals surface area contributed by atoms with Crippen LogP contribution in [-0.2, 0) is 4.79 Å². The molecule has 2 aromatic heterocycles. The monoisotopic (exact) mass is 496 g/mol. The summed E-state index contributed by atoms with van der Waals surface area (Å²) in [5.74, 6) is 0.335. The number of likely N-dealkylation sites (tertiary alicyclic amines) is 1. The number of benzene rings is 1. The lowest BCUT2D eigenvalue weighted by Crippen LogP contribution is -2.45. The van der Waals surface area contributed by atoms with Gasteiger partial charge >= 0.3 is 0 Å². The van der Waals surface area contributed by atoms with Gasteiger partial charge in [0, 0.05) is 54.4 Å². The van der Waals surface area contributed by atoms with Crippen LogP contribution in [0.25, 0.3) is 22.2 Å². The van der Waals surface area contributed by atoms with E-state index in [-0.39, 0.29) is 18.0 Å². The molecule has 35 heavy (non-hydrogen) atoms. The number of rotatable bonds is 7. The van der Waals surface area contributed by atoms with Gasteiger partial charge in [0.1, 0.15) is 5.67 Å². The summed E-state index contributed by atoms with van der Waals surface area (Å²) in [5, 5.41) is 7.85. The van der Waals surface area contributed by atoms with Gasteiger partial charge < -0.3 is 15.6 Å². The van der Waals surface area contributed by atoms with E-state index in [4.69, 9.17) is 16.6 Å². The number of H-pyrrole nitrogens is 1. The maximum absolute atomic E-state index is 15.6. The first-order valence-corrected chi connectivity index (χ1v) is 12.5. The Morgan fingerprint density at radius 2 is 2.09 bits per heavy atom. The number of alkyl halides is 1. The maximum atomic E-state index is 15.6. The lowest BCUT2D eigenvalue weighted by molar-refractivity contribution is -0.117. The van der Waals surface area contributed by atoms with Gasteiger partial charge in [0.15, 0.2) is 0 Å². The minimum Gasteiger partial charge on any atom is -0.360 e. The number of para-hydroxylation sites is 1. The summed E-state index contributed by atoms with van der Waals surface area (Å²) in [5.41, 5.74) is 1.40. The van der Waals surface area contributed by atoms with Crippen LogP contribution in [0.2, 0.25) is 5.02 Å². The number of aromatic nitrogens is 3. The zero-order chi connectivity index (χ0) is 24.4. The molecule has 1 saturated heterocycles. The molecule has 2 fully saturated rings. The molecule has 1 atom stereocenters. The van der Waals surface area contributed by atoms with Gasteiger partial charge in [0.25, 0.3) is 0 Å². The molecule has 0 radical (unpaired) electrons. The summed E-state index contributed by atoms with van der Waals surface area (Å²) >= 11 is 6.45. The summed E-state index contributed by atoms with van der Waals surface area (Å²) in [6.45, 7) is 5.37. The van der Waals surface area contributed by atoms with Crippen LogP contribution in [0.3, 0.4) is 0 Å². The fourth-order valence-electron chi connectivity index (χ4n) is 5.27. The van der Waals surface area contributed by atoms with Crippen LogP contribution in [0, 0.1) is 0 Å². The van der Waals surface area contributed by atoms with Gasteiger partial charge in [0.05, 0.1) is 16.9 Å². The second kappa shape index (κ2) is 9.95. The van der Waals surface area contributed by atoms with Crippen LogP contribution >= 0.6 is 11.6 Å². The molecule has 1 aromatic carbocycles. The molecule has 2 aliphatic rings. The Kier molecular flexibility index (Phi) is 6.75. The zero-order valence-electron chi connectivity index (χ0n) is 19.6. The van der Waals surface area contributed by atoms with E-state index in [1.54, 1.807) is 6.20 Å². The molecule has 0 bridgehead atoms. The minimum absolute atomic E-state index is 0.0653. The van der Waals surface area contributed by atoms with Crippen molar-refractivity contribution < 1.29 is 9.18 Å². The topological polar surface area (TPSA) is 85.9 Å². The number of nitrogens with one attached hydrogen (secondary N) is 3. The SMILES string of the molecule is C=CC(=O)N[C@H]1CCN(CC2(F)CCC(Nc3ncc(Cl)c(-c4c[nH]c5ccccc45)n3)CC2)C1. The summed E-state index contributed by atoms with van der Waals surface area (Å²) in [4.78, 5) is 26.0. The van der Waals surface area contributed by atoms with Gasteiger partial charge in [-0.15, -0.1) is 0 Å². The Morgan fingerprint density at radius 3 is 2.89 bits per heavy atom. The zero-order valence-corrected chi connectivity index (χ0v) is 20.3. The van der Waals surface area contributed by atoms with Crippen molar-refractivity contribution in [1.82, 2.24) is 25.2 Å². The van der Waals surface area contributed by atoms with Gasteiger partial charge in [-0.1, -0.05) is 36.4 Å². The van der Waals surface area contributed by atoms with E-state index in [9.17, 15) is 4.79 Å². The minimum atomic E-state index is -1.22. The summed E-state index contributed by atoms with van der Waals surface area (Å²) in [6, 6.07) is 8.18. The van der Waals surface area contributed by atoms with Crippen molar-refractivity contribution >= 4 is 34.4 Å². The predicted molar refractivity (Wildman–Crippen MR) is 137 cm³/mol. The van der Waals surface area contributed by atoms with E-state index < -0.39 is 5.67 Å². The van der Waals surface area contributed by atoms with E-state index in [0.29, 0.717) is 55.4 Å². The van der Waals surface area contributed by atoms with Gasteiger partial charge in [0.2, 0.25) is 11.9 Å². The number of hydrogen-bond acceptors (Lipinski definition) is 5. The molecule has 1 aliphatic carbocycles. The fourth-order valence-corrected chi connectivity index (χ4v) is 5.46. The average molecular weight is 497 g/mol. The smallest absolute Gasteiger partial charge is 0.243 e. The van der Waals surface area contributed by atoms with Crippen molar-refractivity contribution in [3.05, 3.63) is 54.3 Å². The lowest BCUT2D eigenvalue weighted by atomic mass is 9.83. The second-order valence-electron chi connectivity index (χ2n) is 9.64. The number of anilines is 1. The molecule has 7 nitrogen and oxygen atoms in total. The Morgan fingerprint density at radius 1 is 1.29 bits per heavy atom. The van der Waals surface area contributed by atoms with Crippen molar-refractivity contribution in [1.29, 1.82) is 0 Å². The number of hydrogen-bond donors (Lipinski definition) is 3. The first-order chi connectivity index (χ1) is 16.9. The number of carbonyl (C=O) groups excluding carboxylic acids is 1. The molecular weight excluding hydrogens is 467 g/mol. The van der Waals surface area contributed by atoms with E-state index in [0.717, 1.165) is 29.4 Å². The molecule has 1 amide bonds. The van der Waals surface area contributed by atoms with Gasteiger partial charge in [-0.3, -0.25) is 9.69 Å². The third-order valence-corrected chi connectivity index (χ3v) is 7.39. The van der Waals surface area contributed by atoms with Crippen molar-refractivity contribution in [2.75, 3.05) is 25.0 Å². The highest BCUT2D eigenvalue weighted by Gasteiger charge is 2.38. The third-order valence-electron chi connectivity index (χ3n) is 7.11.